The Morgan fingerprint density at radius 2 is 0.735 bits per heavy atom. The molecule has 0 amide bonds. The summed E-state index contributed by atoms with van der Waals surface area (Å²) in [5.41, 5.74) is 5.87. The van der Waals surface area contributed by atoms with E-state index in [1.165, 1.54) is 0 Å². The normalized spacial score (nSPS) is 10.1. The molecule has 0 unspecified atom stereocenters. The van der Waals surface area contributed by atoms with E-state index in [0.29, 0.717) is 0 Å². The highest BCUT2D eigenvalue weighted by molar-refractivity contribution is 5.76. The lowest BCUT2D eigenvalue weighted by Gasteiger charge is -2.10. The van der Waals surface area contributed by atoms with Crippen LogP contribution in [0.15, 0.2) is 84.9 Å². The molecule has 0 bridgehead atoms. The van der Waals surface area contributed by atoms with E-state index in [1.54, 1.807) is 28.4 Å². The predicted octanol–water partition coefficient (Wildman–Crippen LogP) is 6.45. The first kappa shape index (κ1) is 22.8. The van der Waals surface area contributed by atoms with Crippen LogP contribution in [0.5, 0.6) is 23.0 Å². The lowest BCUT2D eigenvalue weighted by Crippen LogP contribution is -1.91. The summed E-state index contributed by atoms with van der Waals surface area (Å²) < 4.78 is 21.5. The Labute approximate surface area is 200 Å². The first-order chi connectivity index (χ1) is 16.6. The summed E-state index contributed by atoms with van der Waals surface area (Å²) in [5, 5.41) is 0. The topological polar surface area (TPSA) is 36.9 Å². The Morgan fingerprint density at radius 1 is 0.412 bits per heavy atom. The molecule has 4 aromatic carbocycles. The summed E-state index contributed by atoms with van der Waals surface area (Å²) in [6.07, 6.45) is 0. The lowest BCUT2D eigenvalue weighted by molar-refractivity contribution is 0.414. The first-order valence-electron chi connectivity index (χ1n) is 10.8. The van der Waals surface area contributed by atoms with Gasteiger partial charge in [-0.3, -0.25) is 0 Å². The monoisotopic (exact) mass is 450 g/mol. The van der Waals surface area contributed by atoms with Crippen molar-refractivity contribution in [3.63, 3.8) is 0 Å². The number of methoxy groups -OCH3 is 4. The standard InChI is InChI=1S/C30H26O4/c1-31-25-11-7-21(8-12-25)29-17-15-27(33-3)19-23(29)5-6-24-20-28(34-4)16-18-30(24)22-9-13-26(32-2)14-10-22/h7-20H,1-4H3. The third-order valence-corrected chi connectivity index (χ3v) is 5.59. The van der Waals surface area contributed by atoms with Gasteiger partial charge in [-0.15, -0.1) is 0 Å². The molecule has 0 aliphatic rings. The fourth-order valence-corrected chi connectivity index (χ4v) is 3.69. The van der Waals surface area contributed by atoms with Gasteiger partial charge in [-0.05, 0) is 82.9 Å². The third kappa shape index (κ3) is 5.00. The van der Waals surface area contributed by atoms with Gasteiger partial charge < -0.3 is 18.9 Å². The lowest BCUT2D eigenvalue weighted by atomic mass is 9.97. The molecule has 4 heteroatoms. The molecule has 0 spiro atoms. The van der Waals surface area contributed by atoms with E-state index in [1.807, 2.05) is 84.9 Å². The molecule has 0 saturated heterocycles. The molecule has 0 aliphatic carbocycles. The molecule has 0 heterocycles. The number of hydrogen-bond donors (Lipinski definition) is 0. The number of benzene rings is 4. The Balaban J connectivity index is 1.81. The van der Waals surface area contributed by atoms with Crippen molar-refractivity contribution in [2.24, 2.45) is 0 Å². The van der Waals surface area contributed by atoms with Crippen LogP contribution in [-0.4, -0.2) is 28.4 Å². The molecule has 0 atom stereocenters. The van der Waals surface area contributed by atoms with Crippen LogP contribution in [0.2, 0.25) is 0 Å². The van der Waals surface area contributed by atoms with Gasteiger partial charge in [0, 0.05) is 11.1 Å². The quantitative estimate of drug-likeness (QED) is 0.316. The van der Waals surface area contributed by atoms with Gasteiger partial charge in [0.05, 0.1) is 28.4 Å². The highest BCUT2D eigenvalue weighted by Crippen LogP contribution is 2.31. The molecule has 0 fully saturated rings. The number of rotatable bonds is 6. The van der Waals surface area contributed by atoms with E-state index in [4.69, 9.17) is 18.9 Å². The minimum Gasteiger partial charge on any atom is -0.497 e. The maximum Gasteiger partial charge on any atom is 0.120 e. The maximum absolute atomic E-state index is 5.47. The average Bonchev–Trinajstić information content (AvgIpc) is 2.91. The number of hydrogen-bond acceptors (Lipinski definition) is 4. The molecule has 4 aromatic rings. The summed E-state index contributed by atoms with van der Waals surface area (Å²) in [4.78, 5) is 0. The zero-order chi connectivity index (χ0) is 23.9. The highest BCUT2D eigenvalue weighted by Gasteiger charge is 2.09. The average molecular weight is 451 g/mol. The minimum absolute atomic E-state index is 0.752. The van der Waals surface area contributed by atoms with Crippen molar-refractivity contribution in [1.82, 2.24) is 0 Å². The van der Waals surface area contributed by atoms with Crippen LogP contribution in [0.1, 0.15) is 11.1 Å². The molecule has 0 aromatic heterocycles. The van der Waals surface area contributed by atoms with Gasteiger partial charge in [0.25, 0.3) is 0 Å². The summed E-state index contributed by atoms with van der Waals surface area (Å²) in [6.45, 7) is 0. The van der Waals surface area contributed by atoms with Gasteiger partial charge in [-0.1, -0.05) is 36.1 Å². The van der Waals surface area contributed by atoms with Gasteiger partial charge in [-0.2, -0.15) is 0 Å². The third-order valence-electron chi connectivity index (χ3n) is 5.59. The fourth-order valence-electron chi connectivity index (χ4n) is 3.69. The number of ether oxygens (including phenoxy) is 4. The smallest absolute Gasteiger partial charge is 0.120 e. The van der Waals surface area contributed by atoms with Gasteiger partial charge >= 0.3 is 0 Å². The van der Waals surface area contributed by atoms with Crippen molar-refractivity contribution in [1.29, 1.82) is 0 Å². The molecule has 34 heavy (non-hydrogen) atoms. The highest BCUT2D eigenvalue weighted by atomic mass is 16.5. The second-order valence-electron chi connectivity index (χ2n) is 7.53. The molecule has 0 saturated carbocycles. The van der Waals surface area contributed by atoms with Crippen LogP contribution >= 0.6 is 0 Å². The molecule has 4 nitrogen and oxygen atoms in total. The summed E-state index contributed by atoms with van der Waals surface area (Å²) in [7, 11) is 6.63. The van der Waals surface area contributed by atoms with E-state index < -0.39 is 0 Å². The molecular formula is C30H26O4. The van der Waals surface area contributed by atoms with Crippen LogP contribution < -0.4 is 18.9 Å². The van der Waals surface area contributed by atoms with Gasteiger partial charge in [0.1, 0.15) is 23.0 Å². The second kappa shape index (κ2) is 10.5. The van der Waals surface area contributed by atoms with Crippen molar-refractivity contribution < 1.29 is 18.9 Å². The SMILES string of the molecule is COc1ccc(-c2ccc(OC)cc2C#Cc2cc(OC)ccc2-c2ccc(OC)cc2)cc1. The molecule has 170 valence electrons. The molecule has 4 rings (SSSR count). The largest absolute Gasteiger partial charge is 0.497 e. The van der Waals surface area contributed by atoms with E-state index in [0.717, 1.165) is 56.4 Å². The summed E-state index contributed by atoms with van der Waals surface area (Å²) in [6, 6.07) is 27.8. The summed E-state index contributed by atoms with van der Waals surface area (Å²) in [5.74, 6) is 9.87. The minimum atomic E-state index is 0.752. The van der Waals surface area contributed by atoms with E-state index in [9.17, 15) is 0 Å². The Bertz CT molecular complexity index is 1220. The molecule has 0 N–H and O–H groups in total. The molecular weight excluding hydrogens is 424 g/mol. The Hall–Kier alpha value is -4.36. The Morgan fingerprint density at radius 3 is 1.06 bits per heavy atom. The van der Waals surface area contributed by atoms with E-state index in [-0.39, 0.29) is 0 Å². The molecule has 0 radical (unpaired) electrons. The van der Waals surface area contributed by atoms with Crippen LogP contribution in [-0.2, 0) is 0 Å². The van der Waals surface area contributed by atoms with Crippen molar-refractivity contribution in [3.8, 4) is 57.1 Å². The molecule has 0 aliphatic heterocycles. The maximum atomic E-state index is 5.47. The van der Waals surface area contributed by atoms with Crippen LogP contribution in [0.4, 0.5) is 0 Å². The van der Waals surface area contributed by atoms with E-state index >= 15 is 0 Å². The van der Waals surface area contributed by atoms with Gasteiger partial charge in [0.15, 0.2) is 0 Å². The first-order valence-corrected chi connectivity index (χ1v) is 10.8. The zero-order valence-corrected chi connectivity index (χ0v) is 19.7. The van der Waals surface area contributed by atoms with Crippen molar-refractivity contribution in [3.05, 3.63) is 96.1 Å². The summed E-state index contributed by atoms with van der Waals surface area (Å²) >= 11 is 0. The van der Waals surface area contributed by atoms with Gasteiger partial charge in [-0.25, -0.2) is 0 Å². The second-order valence-corrected chi connectivity index (χ2v) is 7.53. The van der Waals surface area contributed by atoms with E-state index in [2.05, 4.69) is 11.8 Å². The van der Waals surface area contributed by atoms with Crippen molar-refractivity contribution in [2.45, 2.75) is 0 Å². The zero-order valence-electron chi connectivity index (χ0n) is 19.7. The van der Waals surface area contributed by atoms with Crippen molar-refractivity contribution in [2.75, 3.05) is 28.4 Å². The Kier molecular flexibility index (Phi) is 7.05. The predicted molar refractivity (Wildman–Crippen MR) is 136 cm³/mol. The fraction of sp³-hybridized carbons (Fsp3) is 0.133. The van der Waals surface area contributed by atoms with Crippen LogP contribution in [0.25, 0.3) is 22.3 Å². The van der Waals surface area contributed by atoms with Crippen LogP contribution in [0, 0.1) is 11.8 Å². The van der Waals surface area contributed by atoms with Crippen molar-refractivity contribution >= 4 is 0 Å². The van der Waals surface area contributed by atoms with Gasteiger partial charge in [0.2, 0.25) is 0 Å². The van der Waals surface area contributed by atoms with Crippen LogP contribution in [0.3, 0.4) is 0 Å².